The second-order valence-corrected chi connectivity index (χ2v) is 10.1. The van der Waals surface area contributed by atoms with Gasteiger partial charge in [0.15, 0.2) is 5.78 Å². The molecule has 3 N–H and O–H groups in total. The molecule has 2 aliphatic carbocycles. The van der Waals surface area contributed by atoms with Gasteiger partial charge in [-0.15, -0.1) is 0 Å². The Morgan fingerprint density at radius 2 is 1.97 bits per heavy atom. The maximum absolute atomic E-state index is 14.0. The van der Waals surface area contributed by atoms with Crippen LogP contribution < -0.4 is 10.6 Å². The van der Waals surface area contributed by atoms with Crippen molar-refractivity contribution >= 4 is 28.5 Å². The number of amides is 2. The van der Waals surface area contributed by atoms with E-state index in [0.29, 0.717) is 18.8 Å². The Hall–Kier alpha value is -3.28. The molecule has 9 heteroatoms. The number of aromatic nitrogens is 1. The van der Waals surface area contributed by atoms with Crippen molar-refractivity contribution < 1.29 is 23.2 Å². The first-order chi connectivity index (χ1) is 16.2. The Morgan fingerprint density at radius 1 is 1.21 bits per heavy atom. The largest absolute Gasteiger partial charge is 0.350 e. The summed E-state index contributed by atoms with van der Waals surface area (Å²) in [6, 6.07) is 4.54. The summed E-state index contributed by atoms with van der Waals surface area (Å²) in [7, 11) is 0. The number of carbonyl (C=O) groups excluding carboxylic acids is 3. The van der Waals surface area contributed by atoms with E-state index in [1.165, 1.54) is 6.07 Å². The third-order valence-electron chi connectivity index (χ3n) is 7.31. The number of nitrogens with zero attached hydrogens (tertiary/aromatic N) is 1. The highest BCUT2D eigenvalue weighted by atomic mass is 19.1. The van der Waals surface area contributed by atoms with Crippen molar-refractivity contribution in [2.24, 2.45) is 17.8 Å². The first kappa shape index (κ1) is 22.5. The van der Waals surface area contributed by atoms with Crippen molar-refractivity contribution in [2.45, 2.75) is 62.9 Å². The molecule has 3 aliphatic rings. The van der Waals surface area contributed by atoms with Gasteiger partial charge in [0.25, 0.3) is 0 Å². The lowest BCUT2D eigenvalue weighted by atomic mass is 9.92. The summed E-state index contributed by atoms with van der Waals surface area (Å²) < 4.78 is 27.5. The van der Waals surface area contributed by atoms with Crippen LogP contribution in [0.4, 0.5) is 8.78 Å². The van der Waals surface area contributed by atoms with E-state index < -0.39 is 23.6 Å². The summed E-state index contributed by atoms with van der Waals surface area (Å²) in [4.78, 5) is 41.0. The van der Waals surface area contributed by atoms with Crippen molar-refractivity contribution in [1.82, 2.24) is 15.6 Å². The highest BCUT2D eigenvalue weighted by Gasteiger charge is 2.52. The van der Waals surface area contributed by atoms with Crippen LogP contribution >= 0.6 is 0 Å². The van der Waals surface area contributed by atoms with Gasteiger partial charge in [-0.05, 0) is 50.2 Å². The lowest BCUT2D eigenvalue weighted by Crippen LogP contribution is -2.40. The number of H-pyrrole nitrogens is 1. The lowest BCUT2D eigenvalue weighted by Gasteiger charge is -2.20. The number of hydrogen-bond acceptors (Lipinski definition) is 4. The molecule has 3 atom stereocenters. The van der Waals surface area contributed by atoms with Crippen molar-refractivity contribution in [3.8, 4) is 6.07 Å². The van der Waals surface area contributed by atoms with Crippen LogP contribution in [0.2, 0.25) is 0 Å². The molecule has 0 radical (unpaired) electrons. The Morgan fingerprint density at radius 3 is 2.62 bits per heavy atom. The van der Waals surface area contributed by atoms with Crippen LogP contribution in [0.25, 0.3) is 10.9 Å². The fourth-order valence-electron chi connectivity index (χ4n) is 5.06. The smallest absolute Gasteiger partial charge is 0.224 e. The number of ketones is 1. The number of aromatic amines is 1. The zero-order chi connectivity index (χ0) is 24.0. The minimum Gasteiger partial charge on any atom is -0.350 e. The van der Waals surface area contributed by atoms with Crippen LogP contribution in [0.1, 0.15) is 61.9 Å². The van der Waals surface area contributed by atoms with Gasteiger partial charge in [-0.3, -0.25) is 14.4 Å². The summed E-state index contributed by atoms with van der Waals surface area (Å²) in [5.74, 6) is -2.96. The van der Waals surface area contributed by atoms with Crippen molar-refractivity contribution in [2.75, 3.05) is 0 Å². The van der Waals surface area contributed by atoms with E-state index in [-0.39, 0.29) is 58.5 Å². The number of Topliss-reactive ketones (excluding diaryl/α,β-unsaturated/α-hetero) is 1. The van der Waals surface area contributed by atoms with Crippen LogP contribution in [-0.4, -0.2) is 34.2 Å². The minimum absolute atomic E-state index is 0.0424. The molecule has 2 amide bonds. The molecule has 1 aromatic heterocycles. The lowest BCUT2D eigenvalue weighted by molar-refractivity contribution is -0.127. The van der Waals surface area contributed by atoms with E-state index in [4.69, 9.17) is 0 Å². The summed E-state index contributed by atoms with van der Waals surface area (Å²) in [5.41, 5.74) is 0.0531. The number of halogens is 2. The van der Waals surface area contributed by atoms with Crippen LogP contribution in [0.3, 0.4) is 0 Å². The number of nitrogens with one attached hydrogen (secondary N) is 3. The molecule has 7 nitrogen and oxygen atoms in total. The molecule has 2 heterocycles. The van der Waals surface area contributed by atoms with Crippen molar-refractivity contribution in [1.29, 1.82) is 5.26 Å². The third kappa shape index (κ3) is 4.67. The Bertz CT molecular complexity index is 1210. The molecular weight excluding hydrogens is 442 g/mol. The molecule has 3 fully saturated rings. The zero-order valence-electron chi connectivity index (χ0n) is 18.6. The molecule has 0 bridgehead atoms. The van der Waals surface area contributed by atoms with Crippen LogP contribution in [0.15, 0.2) is 18.2 Å². The molecule has 2 aromatic rings. The molecule has 0 unspecified atom stereocenters. The fourth-order valence-corrected chi connectivity index (χ4v) is 5.06. The van der Waals surface area contributed by atoms with E-state index in [2.05, 4.69) is 21.7 Å². The number of hydrogen-bond donors (Lipinski definition) is 3. The van der Waals surface area contributed by atoms with Gasteiger partial charge in [0, 0.05) is 35.2 Å². The first-order valence-electron chi connectivity index (χ1n) is 11.8. The summed E-state index contributed by atoms with van der Waals surface area (Å²) >= 11 is 0. The summed E-state index contributed by atoms with van der Waals surface area (Å²) in [6.07, 6.45) is 5.22. The number of carbonyl (C=O) groups is 3. The maximum Gasteiger partial charge on any atom is 0.224 e. The van der Waals surface area contributed by atoms with E-state index >= 15 is 0 Å². The van der Waals surface area contributed by atoms with E-state index in [9.17, 15) is 28.4 Å². The standard InChI is InChI=1S/C25H26F2N4O3/c26-17-6-14-8-20(30-22(14)19(27)10-17)21(32)9-15(5-13-1-2-13)23(33)29-18(12-28)7-16-11-25(3-4-25)31-24(16)34/h6,8,10,13,15-16,18,30H,1-5,7,9,11H2,(H,29,33)(H,31,34)/t15-,16-,18+/m1/s1. The maximum atomic E-state index is 14.0. The summed E-state index contributed by atoms with van der Waals surface area (Å²) in [6.45, 7) is 0. The van der Waals surface area contributed by atoms with Crippen LogP contribution in [0, 0.1) is 40.7 Å². The molecule has 2 saturated carbocycles. The molecule has 5 rings (SSSR count). The van der Waals surface area contributed by atoms with Crippen molar-refractivity contribution in [3.63, 3.8) is 0 Å². The van der Waals surface area contributed by atoms with Gasteiger partial charge >= 0.3 is 0 Å². The Balaban J connectivity index is 1.26. The molecule has 34 heavy (non-hydrogen) atoms. The second-order valence-electron chi connectivity index (χ2n) is 10.1. The second kappa shape index (κ2) is 8.49. The predicted octanol–water partition coefficient (Wildman–Crippen LogP) is 3.50. The first-order valence-corrected chi connectivity index (χ1v) is 11.8. The molecule has 1 spiro atoms. The van der Waals surface area contributed by atoms with Gasteiger partial charge in [0.1, 0.15) is 17.7 Å². The number of rotatable bonds is 9. The van der Waals surface area contributed by atoms with Gasteiger partial charge in [-0.1, -0.05) is 12.8 Å². The van der Waals surface area contributed by atoms with E-state index in [1.807, 2.05) is 0 Å². The predicted molar refractivity (Wildman–Crippen MR) is 118 cm³/mol. The molecular formula is C25H26F2N4O3. The normalized spacial score (nSPS) is 22.3. The van der Waals surface area contributed by atoms with Crippen LogP contribution in [0.5, 0.6) is 0 Å². The van der Waals surface area contributed by atoms with Gasteiger partial charge in [0.05, 0.1) is 17.3 Å². The van der Waals surface area contributed by atoms with Gasteiger partial charge in [-0.2, -0.15) is 5.26 Å². The molecule has 178 valence electrons. The zero-order valence-corrected chi connectivity index (χ0v) is 18.6. The fraction of sp³-hybridized carbons (Fsp3) is 0.520. The highest BCUT2D eigenvalue weighted by Crippen LogP contribution is 2.46. The molecule has 1 aromatic carbocycles. The Labute approximate surface area is 195 Å². The van der Waals surface area contributed by atoms with Gasteiger partial charge in [0.2, 0.25) is 11.8 Å². The van der Waals surface area contributed by atoms with Crippen LogP contribution in [-0.2, 0) is 9.59 Å². The Kier molecular flexibility index (Phi) is 5.62. The SMILES string of the molecule is N#C[C@H](C[C@@H]1CC2(CC2)NC1=O)NC(=O)[C@@H](CC(=O)c1cc2cc(F)cc(F)c2[nH]1)CC1CC1. The molecule has 1 aliphatic heterocycles. The van der Waals surface area contributed by atoms with E-state index in [1.54, 1.807) is 0 Å². The monoisotopic (exact) mass is 468 g/mol. The van der Waals surface area contributed by atoms with Gasteiger partial charge < -0.3 is 15.6 Å². The topological polar surface area (TPSA) is 115 Å². The highest BCUT2D eigenvalue weighted by molar-refractivity contribution is 6.01. The van der Waals surface area contributed by atoms with Gasteiger partial charge in [-0.25, -0.2) is 8.78 Å². The summed E-state index contributed by atoms with van der Waals surface area (Å²) in [5, 5.41) is 15.6. The average molecular weight is 469 g/mol. The average Bonchev–Trinajstić information content (AvgIpc) is 3.68. The number of benzene rings is 1. The minimum atomic E-state index is -0.820. The molecule has 1 saturated heterocycles. The van der Waals surface area contributed by atoms with E-state index in [0.717, 1.165) is 37.8 Å². The number of fused-ring (bicyclic) bond motifs is 1. The number of nitriles is 1. The third-order valence-corrected chi connectivity index (χ3v) is 7.31. The quantitative estimate of drug-likeness (QED) is 0.489. The van der Waals surface area contributed by atoms with Crippen molar-refractivity contribution in [3.05, 3.63) is 35.5 Å².